The van der Waals surface area contributed by atoms with E-state index in [1.165, 1.54) is 25.6 Å². The monoisotopic (exact) mass is 361 g/mol. The molecule has 0 spiro atoms. The first-order valence-corrected chi connectivity index (χ1v) is 7.49. The van der Waals surface area contributed by atoms with Crippen LogP contribution >= 0.6 is 0 Å². The second-order valence-corrected chi connectivity index (χ2v) is 5.27. The van der Waals surface area contributed by atoms with Gasteiger partial charge in [-0.1, -0.05) is 24.3 Å². The number of ether oxygens (including phenoxy) is 2. The molecule has 0 atom stereocenters. The van der Waals surface area contributed by atoms with Crippen molar-refractivity contribution in [3.63, 3.8) is 0 Å². The highest BCUT2D eigenvalue weighted by Crippen LogP contribution is 2.37. The van der Waals surface area contributed by atoms with Crippen LogP contribution < -0.4 is 15.2 Å². The largest absolute Gasteiger partial charge is 0.493 e. The Labute approximate surface area is 147 Å². The number of aromatic nitrogens is 2. The van der Waals surface area contributed by atoms with Crippen molar-refractivity contribution in [2.24, 2.45) is 0 Å². The van der Waals surface area contributed by atoms with Gasteiger partial charge in [-0.3, -0.25) is 0 Å². The second-order valence-electron chi connectivity index (χ2n) is 5.27. The van der Waals surface area contributed by atoms with Crippen molar-refractivity contribution in [2.75, 3.05) is 12.8 Å². The molecule has 26 heavy (non-hydrogen) atoms. The van der Waals surface area contributed by atoms with Crippen molar-refractivity contribution in [2.45, 2.75) is 6.18 Å². The summed E-state index contributed by atoms with van der Waals surface area (Å²) in [5.74, 6) is 0.860. The Morgan fingerprint density at radius 1 is 0.962 bits per heavy atom. The number of hydrogen-bond acceptors (Lipinski definition) is 5. The van der Waals surface area contributed by atoms with Crippen LogP contribution in [0, 0.1) is 0 Å². The Bertz CT molecular complexity index is 930. The number of para-hydroxylation sites is 2. The minimum Gasteiger partial charge on any atom is -0.493 e. The van der Waals surface area contributed by atoms with Gasteiger partial charge in [0, 0.05) is 5.56 Å². The van der Waals surface area contributed by atoms with E-state index < -0.39 is 11.7 Å². The fourth-order valence-corrected chi connectivity index (χ4v) is 2.34. The Balaban J connectivity index is 2.00. The summed E-state index contributed by atoms with van der Waals surface area (Å²) in [6.45, 7) is 0. The molecule has 0 aliphatic heterocycles. The molecule has 0 unspecified atom stereocenters. The maximum atomic E-state index is 12.9. The molecule has 3 aromatic rings. The van der Waals surface area contributed by atoms with E-state index in [0.717, 1.165) is 12.1 Å². The highest BCUT2D eigenvalue weighted by atomic mass is 19.4. The number of anilines is 1. The van der Waals surface area contributed by atoms with Gasteiger partial charge in [-0.05, 0) is 24.3 Å². The lowest BCUT2D eigenvalue weighted by Crippen LogP contribution is -2.05. The molecule has 0 aliphatic carbocycles. The Morgan fingerprint density at radius 3 is 2.38 bits per heavy atom. The second kappa shape index (κ2) is 6.91. The molecular formula is C18H14F3N3O2. The van der Waals surface area contributed by atoms with Crippen LogP contribution in [0.5, 0.6) is 17.4 Å². The van der Waals surface area contributed by atoms with Crippen LogP contribution in [0.3, 0.4) is 0 Å². The van der Waals surface area contributed by atoms with Crippen molar-refractivity contribution < 1.29 is 22.6 Å². The predicted molar refractivity (Wildman–Crippen MR) is 90.0 cm³/mol. The fourth-order valence-electron chi connectivity index (χ4n) is 2.34. The highest BCUT2D eigenvalue weighted by Gasteiger charge is 2.30. The number of methoxy groups -OCH3 is 1. The number of hydrogen-bond donors (Lipinski definition) is 1. The quantitative estimate of drug-likeness (QED) is 0.738. The zero-order valence-corrected chi connectivity index (χ0v) is 13.6. The van der Waals surface area contributed by atoms with Crippen molar-refractivity contribution in [1.82, 2.24) is 9.97 Å². The van der Waals surface area contributed by atoms with Crippen molar-refractivity contribution in [3.8, 4) is 28.6 Å². The smallest absolute Gasteiger partial charge is 0.416 e. The minimum atomic E-state index is -4.46. The van der Waals surface area contributed by atoms with Gasteiger partial charge in [-0.25, -0.2) is 4.98 Å². The molecule has 2 aromatic carbocycles. The number of nitrogen functional groups attached to an aromatic ring is 1. The van der Waals surface area contributed by atoms with E-state index in [2.05, 4.69) is 9.97 Å². The summed E-state index contributed by atoms with van der Waals surface area (Å²) in [6.07, 6.45) is -3.29. The Hall–Kier alpha value is -3.29. The summed E-state index contributed by atoms with van der Waals surface area (Å²) < 4.78 is 49.7. The third kappa shape index (κ3) is 3.53. The first kappa shape index (κ1) is 17.5. The van der Waals surface area contributed by atoms with E-state index in [1.54, 1.807) is 24.3 Å². The highest BCUT2D eigenvalue weighted by molar-refractivity contribution is 5.76. The zero-order valence-electron chi connectivity index (χ0n) is 13.6. The fraction of sp³-hybridized carbons (Fsp3) is 0.111. The van der Waals surface area contributed by atoms with E-state index in [9.17, 15) is 13.2 Å². The molecule has 0 fully saturated rings. The number of rotatable bonds is 4. The minimum absolute atomic E-state index is 0.0249. The molecule has 0 saturated heterocycles. The standard InChI is InChI=1S/C18H14F3N3O2/c1-25-13-7-2-3-8-14(13)26-17-15(22)16(23-10-24-17)11-5-4-6-12(9-11)18(19,20)21/h2-10H,22H2,1H3. The third-order valence-corrected chi connectivity index (χ3v) is 3.59. The number of benzene rings is 2. The summed E-state index contributed by atoms with van der Waals surface area (Å²) in [6, 6.07) is 11.6. The lowest BCUT2D eigenvalue weighted by molar-refractivity contribution is -0.137. The van der Waals surface area contributed by atoms with Crippen LogP contribution in [0.2, 0.25) is 0 Å². The van der Waals surface area contributed by atoms with Gasteiger partial charge in [-0.15, -0.1) is 0 Å². The normalized spacial score (nSPS) is 11.2. The molecule has 3 rings (SSSR count). The third-order valence-electron chi connectivity index (χ3n) is 3.59. The molecule has 0 radical (unpaired) electrons. The van der Waals surface area contributed by atoms with E-state index in [1.807, 2.05) is 0 Å². The summed E-state index contributed by atoms with van der Waals surface area (Å²) in [5.41, 5.74) is 5.64. The van der Waals surface area contributed by atoms with Gasteiger partial charge in [0.05, 0.1) is 12.7 Å². The maximum absolute atomic E-state index is 12.9. The van der Waals surface area contributed by atoms with Gasteiger partial charge in [-0.2, -0.15) is 18.2 Å². The maximum Gasteiger partial charge on any atom is 0.416 e. The lowest BCUT2D eigenvalue weighted by atomic mass is 10.1. The van der Waals surface area contributed by atoms with Crippen molar-refractivity contribution in [1.29, 1.82) is 0 Å². The number of nitrogens with two attached hydrogens (primary N) is 1. The van der Waals surface area contributed by atoms with E-state index in [-0.39, 0.29) is 22.8 Å². The van der Waals surface area contributed by atoms with Gasteiger partial charge < -0.3 is 15.2 Å². The SMILES string of the molecule is COc1ccccc1Oc1ncnc(-c2cccc(C(F)(F)F)c2)c1N. The molecule has 1 aromatic heterocycles. The first-order chi connectivity index (χ1) is 12.4. The topological polar surface area (TPSA) is 70.3 Å². The Kier molecular flexibility index (Phi) is 4.66. The van der Waals surface area contributed by atoms with E-state index in [4.69, 9.17) is 15.2 Å². The molecule has 0 amide bonds. The molecule has 0 aliphatic rings. The van der Waals surface area contributed by atoms with Gasteiger partial charge in [0.1, 0.15) is 17.7 Å². The molecule has 0 bridgehead atoms. The van der Waals surface area contributed by atoms with E-state index >= 15 is 0 Å². The summed E-state index contributed by atoms with van der Waals surface area (Å²) in [5, 5.41) is 0. The predicted octanol–water partition coefficient (Wildman–Crippen LogP) is 4.55. The van der Waals surface area contributed by atoms with Gasteiger partial charge in [0.15, 0.2) is 11.5 Å². The molecule has 0 saturated carbocycles. The van der Waals surface area contributed by atoms with Crippen molar-refractivity contribution in [3.05, 3.63) is 60.4 Å². The average molecular weight is 361 g/mol. The zero-order chi connectivity index (χ0) is 18.7. The molecule has 134 valence electrons. The summed E-state index contributed by atoms with van der Waals surface area (Å²) in [7, 11) is 1.49. The van der Waals surface area contributed by atoms with Crippen LogP contribution in [0.4, 0.5) is 18.9 Å². The summed E-state index contributed by atoms with van der Waals surface area (Å²) in [4.78, 5) is 7.97. The van der Waals surface area contributed by atoms with Gasteiger partial charge in [0.2, 0.25) is 5.88 Å². The van der Waals surface area contributed by atoms with Crippen LogP contribution in [0.1, 0.15) is 5.56 Å². The molecule has 1 heterocycles. The molecule has 2 N–H and O–H groups in total. The molecular weight excluding hydrogens is 347 g/mol. The van der Waals surface area contributed by atoms with Crippen LogP contribution in [-0.2, 0) is 6.18 Å². The van der Waals surface area contributed by atoms with Gasteiger partial charge >= 0.3 is 6.18 Å². The number of halogens is 3. The van der Waals surface area contributed by atoms with Crippen LogP contribution in [0.15, 0.2) is 54.9 Å². The lowest BCUT2D eigenvalue weighted by Gasteiger charge is -2.13. The molecule has 5 nitrogen and oxygen atoms in total. The number of alkyl halides is 3. The average Bonchev–Trinajstić information content (AvgIpc) is 2.63. The van der Waals surface area contributed by atoms with E-state index in [0.29, 0.717) is 11.5 Å². The van der Waals surface area contributed by atoms with Crippen molar-refractivity contribution >= 4 is 5.69 Å². The summed E-state index contributed by atoms with van der Waals surface area (Å²) >= 11 is 0. The first-order valence-electron chi connectivity index (χ1n) is 7.49. The molecule has 8 heteroatoms. The van der Waals surface area contributed by atoms with Crippen LogP contribution in [-0.4, -0.2) is 17.1 Å². The van der Waals surface area contributed by atoms with Crippen LogP contribution in [0.25, 0.3) is 11.3 Å². The van der Waals surface area contributed by atoms with Gasteiger partial charge in [0.25, 0.3) is 0 Å². The number of nitrogens with zero attached hydrogens (tertiary/aromatic N) is 2. The Morgan fingerprint density at radius 2 is 1.69 bits per heavy atom.